The minimum absolute atomic E-state index is 0.0714. The number of amides is 1. The molecule has 1 amide bonds. The zero-order valence-electron chi connectivity index (χ0n) is 18.1. The molecule has 0 unspecified atom stereocenters. The van der Waals surface area contributed by atoms with Crippen LogP contribution in [-0.4, -0.2) is 67.6 Å². The smallest absolute Gasteiger partial charge is 0.490 e. The van der Waals surface area contributed by atoms with Crippen molar-refractivity contribution in [3.05, 3.63) is 53.6 Å². The average molecular weight is 484 g/mol. The molecule has 184 valence electrons. The van der Waals surface area contributed by atoms with Crippen LogP contribution in [0.3, 0.4) is 0 Å². The molecular weight excluding hydrogens is 461 g/mol. The van der Waals surface area contributed by atoms with E-state index in [0.29, 0.717) is 32.1 Å². The van der Waals surface area contributed by atoms with Crippen LogP contribution in [0.2, 0.25) is 0 Å². The average Bonchev–Trinajstić information content (AvgIpc) is 2.80. The van der Waals surface area contributed by atoms with Gasteiger partial charge in [-0.05, 0) is 35.9 Å². The summed E-state index contributed by atoms with van der Waals surface area (Å²) in [5, 5.41) is 19.4. The van der Waals surface area contributed by atoms with E-state index in [1.54, 1.807) is 43.5 Å². The first kappa shape index (κ1) is 26.5. The summed E-state index contributed by atoms with van der Waals surface area (Å²) < 4.78 is 42.2. The third-order valence-corrected chi connectivity index (χ3v) is 4.65. The summed E-state index contributed by atoms with van der Waals surface area (Å²) in [5.41, 5.74) is 1.99. The van der Waals surface area contributed by atoms with Gasteiger partial charge in [-0.1, -0.05) is 12.1 Å². The highest BCUT2D eigenvalue weighted by Crippen LogP contribution is 2.25. The lowest BCUT2D eigenvalue weighted by atomic mass is 10.1. The lowest BCUT2D eigenvalue weighted by Crippen LogP contribution is -2.36. The first-order chi connectivity index (χ1) is 16.0. The number of methoxy groups -OCH3 is 1. The molecule has 0 atom stereocenters. The largest absolute Gasteiger partial charge is 0.497 e. The summed E-state index contributed by atoms with van der Waals surface area (Å²) in [6.07, 6.45) is -4.94. The number of morpholine rings is 1. The predicted octanol–water partition coefficient (Wildman–Crippen LogP) is 3.04. The van der Waals surface area contributed by atoms with Crippen LogP contribution in [0.25, 0.3) is 0 Å². The van der Waals surface area contributed by atoms with Gasteiger partial charge < -0.3 is 29.9 Å². The molecule has 0 spiro atoms. The Morgan fingerprint density at radius 2 is 1.65 bits per heavy atom. The summed E-state index contributed by atoms with van der Waals surface area (Å²) in [7, 11) is 1.58. The fourth-order valence-corrected chi connectivity index (χ4v) is 2.96. The predicted molar refractivity (Wildman–Crippen MR) is 115 cm³/mol. The summed E-state index contributed by atoms with van der Waals surface area (Å²) in [6, 6.07) is 12.2. The molecule has 2 aromatic rings. The molecule has 1 fully saturated rings. The van der Waals surface area contributed by atoms with Gasteiger partial charge in [0.05, 0.1) is 38.0 Å². The Labute approximate surface area is 192 Å². The molecule has 1 saturated heterocycles. The summed E-state index contributed by atoms with van der Waals surface area (Å²) >= 11 is 0. The molecule has 0 aliphatic carbocycles. The lowest BCUT2D eigenvalue weighted by Gasteiger charge is -2.29. The van der Waals surface area contributed by atoms with Crippen molar-refractivity contribution >= 4 is 29.2 Å². The number of carboxylic acid groups (broad SMARTS) is 2. The van der Waals surface area contributed by atoms with Crippen molar-refractivity contribution in [3.8, 4) is 5.75 Å². The van der Waals surface area contributed by atoms with E-state index in [-0.39, 0.29) is 23.6 Å². The summed E-state index contributed by atoms with van der Waals surface area (Å²) in [4.78, 5) is 35.0. The van der Waals surface area contributed by atoms with Gasteiger partial charge in [0.1, 0.15) is 5.75 Å². The second-order valence-electron chi connectivity index (χ2n) is 7.01. The van der Waals surface area contributed by atoms with Crippen molar-refractivity contribution in [2.24, 2.45) is 0 Å². The monoisotopic (exact) mass is 484 g/mol. The lowest BCUT2D eigenvalue weighted by molar-refractivity contribution is -0.192. The highest BCUT2D eigenvalue weighted by atomic mass is 19.4. The number of hydrogen-bond acceptors (Lipinski definition) is 6. The molecule has 1 aliphatic heterocycles. The van der Waals surface area contributed by atoms with Crippen molar-refractivity contribution in [2.75, 3.05) is 43.6 Å². The van der Waals surface area contributed by atoms with E-state index in [1.165, 1.54) is 0 Å². The minimum atomic E-state index is -5.08. The van der Waals surface area contributed by atoms with Gasteiger partial charge >= 0.3 is 18.1 Å². The van der Waals surface area contributed by atoms with Gasteiger partial charge in [-0.3, -0.25) is 4.79 Å². The van der Waals surface area contributed by atoms with Gasteiger partial charge in [0.25, 0.3) is 0 Å². The van der Waals surface area contributed by atoms with E-state index in [0.717, 1.165) is 11.3 Å². The Hall–Kier alpha value is -3.80. The molecule has 1 heterocycles. The molecule has 34 heavy (non-hydrogen) atoms. The molecule has 12 heteroatoms. The number of nitrogens with one attached hydrogen (secondary N) is 1. The minimum Gasteiger partial charge on any atom is -0.497 e. The van der Waals surface area contributed by atoms with Crippen molar-refractivity contribution < 1.29 is 47.2 Å². The third-order valence-electron chi connectivity index (χ3n) is 4.65. The number of carboxylic acids is 2. The van der Waals surface area contributed by atoms with Crippen LogP contribution < -0.4 is 15.0 Å². The van der Waals surface area contributed by atoms with Crippen molar-refractivity contribution in [3.63, 3.8) is 0 Å². The van der Waals surface area contributed by atoms with Gasteiger partial charge in [0, 0.05) is 18.8 Å². The second kappa shape index (κ2) is 11.9. The molecule has 9 nitrogen and oxygen atoms in total. The van der Waals surface area contributed by atoms with Gasteiger partial charge in [-0.2, -0.15) is 13.2 Å². The van der Waals surface area contributed by atoms with E-state index < -0.39 is 18.1 Å². The molecule has 3 rings (SSSR count). The van der Waals surface area contributed by atoms with Crippen LogP contribution in [0.1, 0.15) is 15.9 Å². The molecule has 3 N–H and O–H groups in total. The molecule has 0 radical (unpaired) electrons. The molecule has 0 saturated carbocycles. The van der Waals surface area contributed by atoms with Crippen LogP contribution in [0.5, 0.6) is 5.75 Å². The summed E-state index contributed by atoms with van der Waals surface area (Å²) in [5.74, 6) is -3.40. The Bertz CT molecular complexity index is 1000. The zero-order chi connectivity index (χ0) is 25.3. The Kier molecular flexibility index (Phi) is 9.25. The number of hydrogen-bond donors (Lipinski definition) is 3. The second-order valence-corrected chi connectivity index (χ2v) is 7.01. The number of nitrogens with zero attached hydrogens (tertiary/aromatic N) is 1. The number of carbonyl (C=O) groups is 3. The van der Waals surface area contributed by atoms with Crippen molar-refractivity contribution in [2.45, 2.75) is 12.6 Å². The first-order valence-corrected chi connectivity index (χ1v) is 9.94. The molecule has 0 bridgehead atoms. The van der Waals surface area contributed by atoms with E-state index in [9.17, 15) is 27.9 Å². The number of benzene rings is 2. The fourth-order valence-electron chi connectivity index (χ4n) is 2.96. The molecule has 0 aromatic heterocycles. The quantitative estimate of drug-likeness (QED) is 0.572. The van der Waals surface area contributed by atoms with Crippen molar-refractivity contribution in [1.82, 2.24) is 0 Å². The molecule has 1 aliphatic rings. The van der Waals surface area contributed by atoms with Gasteiger partial charge in [-0.15, -0.1) is 0 Å². The number of ether oxygens (including phenoxy) is 2. The standard InChI is InChI=1S/C20H22N2O5.C2HF3O2/c1-26-16-5-2-14(3-6-16)12-19(23)21-18-7-4-15(13-17(18)20(24)25)22-8-10-27-11-9-22;3-2(4,5)1(6)7/h2-7,13H,8-12H2,1H3,(H,21,23)(H,24,25);(H,6,7). The van der Waals surface area contributed by atoms with Crippen LogP contribution in [0.15, 0.2) is 42.5 Å². The maximum absolute atomic E-state index is 12.3. The van der Waals surface area contributed by atoms with E-state index in [2.05, 4.69) is 10.2 Å². The summed E-state index contributed by atoms with van der Waals surface area (Å²) in [6.45, 7) is 2.65. The van der Waals surface area contributed by atoms with Crippen LogP contribution in [0.4, 0.5) is 24.5 Å². The molecular formula is C22H23F3N2O7. The van der Waals surface area contributed by atoms with Gasteiger partial charge in [0.2, 0.25) is 5.91 Å². The van der Waals surface area contributed by atoms with Gasteiger partial charge in [-0.25, -0.2) is 9.59 Å². The number of carbonyl (C=O) groups excluding carboxylic acids is 1. The van der Waals surface area contributed by atoms with Crippen molar-refractivity contribution in [1.29, 1.82) is 0 Å². The third kappa shape index (κ3) is 7.96. The zero-order valence-corrected chi connectivity index (χ0v) is 18.1. The van der Waals surface area contributed by atoms with E-state index in [1.807, 2.05) is 6.07 Å². The van der Waals surface area contributed by atoms with E-state index in [4.69, 9.17) is 19.4 Å². The number of aromatic carboxylic acids is 1. The number of rotatable bonds is 6. The number of aliphatic carboxylic acids is 1. The highest BCUT2D eigenvalue weighted by Gasteiger charge is 2.38. The molecule has 2 aromatic carbocycles. The topological polar surface area (TPSA) is 125 Å². The number of alkyl halides is 3. The number of halogens is 3. The van der Waals surface area contributed by atoms with Crippen LogP contribution >= 0.6 is 0 Å². The fraction of sp³-hybridized carbons (Fsp3) is 0.318. The normalized spacial score (nSPS) is 13.4. The highest BCUT2D eigenvalue weighted by molar-refractivity contribution is 6.01. The maximum atomic E-state index is 12.3. The number of anilines is 2. The maximum Gasteiger partial charge on any atom is 0.490 e. The Morgan fingerprint density at radius 3 is 2.15 bits per heavy atom. The van der Waals surface area contributed by atoms with Crippen LogP contribution in [0, 0.1) is 0 Å². The Morgan fingerprint density at radius 1 is 1.06 bits per heavy atom. The van der Waals surface area contributed by atoms with Crippen LogP contribution in [-0.2, 0) is 20.7 Å². The first-order valence-electron chi connectivity index (χ1n) is 9.94. The Balaban J connectivity index is 0.000000509. The van der Waals surface area contributed by atoms with E-state index >= 15 is 0 Å². The van der Waals surface area contributed by atoms with Gasteiger partial charge in [0.15, 0.2) is 0 Å². The SMILES string of the molecule is COc1ccc(CC(=O)Nc2ccc(N3CCOCC3)cc2C(=O)O)cc1.O=C(O)C(F)(F)F.